The van der Waals surface area contributed by atoms with Crippen LogP contribution in [0.15, 0.2) is 41.4 Å². The largest absolute Gasteiger partial charge is 0.481 e. The van der Waals surface area contributed by atoms with Gasteiger partial charge in [-0.05, 0) is 30.9 Å². The second kappa shape index (κ2) is 5.26. The van der Waals surface area contributed by atoms with Gasteiger partial charge in [-0.3, -0.25) is 9.78 Å². The first-order valence-corrected chi connectivity index (χ1v) is 9.46. The Morgan fingerprint density at radius 1 is 1.29 bits per heavy atom. The van der Waals surface area contributed by atoms with Crippen molar-refractivity contribution in [2.24, 2.45) is 11.3 Å². The van der Waals surface area contributed by atoms with Gasteiger partial charge in [-0.25, -0.2) is 8.42 Å². The molecule has 4 rings (SSSR count). The van der Waals surface area contributed by atoms with Crippen molar-refractivity contribution >= 4 is 26.9 Å². The Labute approximate surface area is 140 Å². The highest BCUT2D eigenvalue weighted by atomic mass is 32.2. The predicted octanol–water partition coefficient (Wildman–Crippen LogP) is 2.11. The smallest absolute Gasteiger partial charge is 0.311 e. The number of nitrogens with zero attached hydrogens (tertiary/aromatic N) is 2. The van der Waals surface area contributed by atoms with Crippen molar-refractivity contribution in [2.45, 2.75) is 24.2 Å². The van der Waals surface area contributed by atoms with Crippen LogP contribution in [0.2, 0.25) is 0 Å². The molecule has 1 aliphatic heterocycles. The van der Waals surface area contributed by atoms with Crippen LogP contribution in [-0.2, 0) is 14.8 Å². The molecule has 2 atom stereocenters. The van der Waals surface area contributed by atoms with Gasteiger partial charge in [0.15, 0.2) is 0 Å². The summed E-state index contributed by atoms with van der Waals surface area (Å²) < 4.78 is 27.6. The molecule has 24 heavy (non-hydrogen) atoms. The summed E-state index contributed by atoms with van der Waals surface area (Å²) in [6.45, 7) is 0.330. The molecular weight excluding hydrogens is 328 g/mol. The molecule has 2 aromatic rings. The van der Waals surface area contributed by atoms with Crippen molar-refractivity contribution in [3.05, 3.63) is 36.5 Å². The molecule has 6 nitrogen and oxygen atoms in total. The van der Waals surface area contributed by atoms with Crippen LogP contribution in [0.5, 0.6) is 0 Å². The minimum absolute atomic E-state index is 0.0541. The van der Waals surface area contributed by atoms with Crippen molar-refractivity contribution < 1.29 is 18.3 Å². The van der Waals surface area contributed by atoms with Crippen LogP contribution >= 0.6 is 0 Å². The van der Waals surface area contributed by atoms with Gasteiger partial charge in [-0.1, -0.05) is 24.6 Å². The van der Waals surface area contributed by atoms with Crippen LogP contribution in [0.1, 0.15) is 19.3 Å². The lowest BCUT2D eigenvalue weighted by Gasteiger charge is -2.23. The minimum atomic E-state index is -3.77. The maximum absolute atomic E-state index is 13.1. The van der Waals surface area contributed by atoms with E-state index >= 15 is 0 Å². The average Bonchev–Trinajstić information content (AvgIpc) is 3.13. The van der Waals surface area contributed by atoms with Crippen molar-refractivity contribution in [3.63, 3.8) is 0 Å². The Morgan fingerprint density at radius 2 is 2.08 bits per heavy atom. The van der Waals surface area contributed by atoms with Gasteiger partial charge in [0.25, 0.3) is 0 Å². The molecule has 0 spiro atoms. The van der Waals surface area contributed by atoms with Gasteiger partial charge in [-0.2, -0.15) is 4.31 Å². The maximum atomic E-state index is 13.1. The Kier molecular flexibility index (Phi) is 3.40. The van der Waals surface area contributed by atoms with E-state index in [1.54, 1.807) is 24.4 Å². The van der Waals surface area contributed by atoms with Crippen molar-refractivity contribution in [1.82, 2.24) is 9.29 Å². The fourth-order valence-corrected chi connectivity index (χ4v) is 5.92. The van der Waals surface area contributed by atoms with Crippen LogP contribution in [-0.4, -0.2) is 41.9 Å². The molecule has 2 heterocycles. The fraction of sp³-hybridized carbons (Fsp3) is 0.412. The summed E-state index contributed by atoms with van der Waals surface area (Å²) in [5.74, 6) is -0.980. The molecule has 0 bridgehead atoms. The highest BCUT2D eigenvalue weighted by Gasteiger charge is 2.57. The number of pyridine rings is 1. The van der Waals surface area contributed by atoms with E-state index in [1.807, 2.05) is 12.1 Å². The van der Waals surface area contributed by atoms with E-state index in [-0.39, 0.29) is 23.9 Å². The van der Waals surface area contributed by atoms with Gasteiger partial charge in [0, 0.05) is 24.7 Å². The van der Waals surface area contributed by atoms with E-state index in [9.17, 15) is 18.3 Å². The molecule has 1 aliphatic carbocycles. The third-order valence-corrected chi connectivity index (χ3v) is 7.32. The van der Waals surface area contributed by atoms with Gasteiger partial charge in [0.1, 0.15) is 4.90 Å². The summed E-state index contributed by atoms with van der Waals surface area (Å²) in [7, 11) is -3.77. The molecular formula is C17H18N2O4S. The molecule has 1 saturated heterocycles. The zero-order chi connectivity index (χ0) is 16.9. The van der Waals surface area contributed by atoms with Crippen LogP contribution in [0.4, 0.5) is 0 Å². The first-order valence-electron chi connectivity index (χ1n) is 8.02. The number of carboxylic acid groups (broad SMARTS) is 1. The lowest BCUT2D eigenvalue weighted by Crippen LogP contribution is -2.37. The Morgan fingerprint density at radius 3 is 2.83 bits per heavy atom. The van der Waals surface area contributed by atoms with Crippen LogP contribution in [0, 0.1) is 11.3 Å². The molecule has 1 aromatic carbocycles. The molecule has 0 unspecified atom stereocenters. The van der Waals surface area contributed by atoms with Crippen molar-refractivity contribution in [2.75, 3.05) is 13.1 Å². The standard InChI is InChI=1S/C17H18N2O4S/c20-16(21)17-8-2-6-13(17)10-19(11-17)24(22,23)14-7-1-4-12-5-3-9-18-15(12)14/h1,3-5,7,9,13H,2,6,8,10-11H2,(H,20,21)/t13-,17+/m0/s1. The van der Waals surface area contributed by atoms with E-state index in [4.69, 9.17) is 0 Å². The molecule has 0 amide bonds. The zero-order valence-corrected chi connectivity index (χ0v) is 13.9. The van der Waals surface area contributed by atoms with E-state index in [2.05, 4.69) is 4.98 Å². The summed E-state index contributed by atoms with van der Waals surface area (Å²) >= 11 is 0. The number of sulfonamides is 1. The van der Waals surface area contributed by atoms with Crippen molar-refractivity contribution in [3.8, 4) is 0 Å². The number of carbonyl (C=O) groups is 1. The minimum Gasteiger partial charge on any atom is -0.481 e. The van der Waals surface area contributed by atoms with Crippen LogP contribution in [0.3, 0.4) is 0 Å². The number of benzene rings is 1. The number of fused-ring (bicyclic) bond motifs is 2. The van der Waals surface area contributed by atoms with Crippen molar-refractivity contribution in [1.29, 1.82) is 0 Å². The average molecular weight is 346 g/mol. The summed E-state index contributed by atoms with van der Waals surface area (Å²) in [6, 6.07) is 8.64. The highest BCUT2D eigenvalue weighted by Crippen LogP contribution is 2.50. The predicted molar refractivity (Wildman–Crippen MR) is 87.9 cm³/mol. The van der Waals surface area contributed by atoms with Crippen LogP contribution in [0.25, 0.3) is 10.9 Å². The summed E-state index contributed by atoms with van der Waals surface area (Å²) in [6.07, 6.45) is 3.73. The molecule has 0 radical (unpaired) electrons. The summed E-state index contributed by atoms with van der Waals surface area (Å²) in [5, 5.41) is 10.4. The topological polar surface area (TPSA) is 87.6 Å². The van der Waals surface area contributed by atoms with E-state index in [1.165, 1.54) is 4.31 Å². The summed E-state index contributed by atoms with van der Waals surface area (Å²) in [5.41, 5.74) is -0.494. The fourth-order valence-electron chi connectivity index (χ4n) is 4.20. The highest BCUT2D eigenvalue weighted by molar-refractivity contribution is 7.89. The molecule has 2 fully saturated rings. The molecule has 1 aromatic heterocycles. The van der Waals surface area contributed by atoms with Gasteiger partial charge in [0.2, 0.25) is 10.0 Å². The number of hydrogen-bond acceptors (Lipinski definition) is 4. The van der Waals surface area contributed by atoms with Gasteiger partial charge in [0.05, 0.1) is 10.9 Å². The molecule has 1 N–H and O–H groups in total. The lowest BCUT2D eigenvalue weighted by atomic mass is 9.81. The van der Waals surface area contributed by atoms with E-state index in [0.717, 1.165) is 18.2 Å². The molecule has 2 aliphatic rings. The van der Waals surface area contributed by atoms with Gasteiger partial charge >= 0.3 is 5.97 Å². The second-order valence-electron chi connectivity index (χ2n) is 6.68. The lowest BCUT2D eigenvalue weighted by molar-refractivity contribution is -0.149. The monoisotopic (exact) mass is 346 g/mol. The Balaban J connectivity index is 1.78. The van der Waals surface area contributed by atoms with E-state index < -0.39 is 21.4 Å². The zero-order valence-electron chi connectivity index (χ0n) is 13.1. The van der Waals surface area contributed by atoms with Gasteiger partial charge < -0.3 is 5.11 Å². The Bertz CT molecular complexity index is 922. The first-order chi connectivity index (χ1) is 11.4. The molecule has 1 saturated carbocycles. The van der Waals surface area contributed by atoms with E-state index in [0.29, 0.717) is 11.9 Å². The Hall–Kier alpha value is -1.99. The first kappa shape index (κ1) is 15.5. The van der Waals surface area contributed by atoms with Crippen LogP contribution < -0.4 is 0 Å². The van der Waals surface area contributed by atoms with Gasteiger partial charge in [-0.15, -0.1) is 0 Å². The maximum Gasteiger partial charge on any atom is 0.311 e. The number of aromatic nitrogens is 1. The SMILES string of the molecule is O=C(O)[C@@]12CCC[C@H]1CN(S(=O)(=O)c1cccc3cccnc13)C2. The molecule has 7 heteroatoms. The number of carboxylic acids is 1. The number of para-hydroxylation sites is 1. The second-order valence-corrected chi connectivity index (χ2v) is 8.59. The summed E-state index contributed by atoms with van der Waals surface area (Å²) in [4.78, 5) is 16.2. The third-order valence-electron chi connectivity index (χ3n) is 5.48. The molecule has 126 valence electrons. The number of hydrogen-bond donors (Lipinski definition) is 1. The quantitative estimate of drug-likeness (QED) is 0.920. The third kappa shape index (κ3) is 2.08. The number of aliphatic carboxylic acids is 1. The number of rotatable bonds is 3. The normalized spacial score (nSPS) is 27.4.